The minimum atomic E-state index is -0.195. The molecule has 1 aliphatic carbocycles. The molecule has 0 radical (unpaired) electrons. The predicted octanol–water partition coefficient (Wildman–Crippen LogP) is 4.22. The van der Waals surface area contributed by atoms with E-state index >= 15 is 0 Å². The van der Waals surface area contributed by atoms with Gasteiger partial charge in [-0.25, -0.2) is 4.39 Å². The summed E-state index contributed by atoms with van der Waals surface area (Å²) in [4.78, 5) is 0. The Hall–Kier alpha value is -1.67. The van der Waals surface area contributed by atoms with Gasteiger partial charge >= 0.3 is 0 Å². The van der Waals surface area contributed by atoms with Crippen LogP contribution in [0.25, 0.3) is 11.1 Å². The zero-order chi connectivity index (χ0) is 13.2. The summed E-state index contributed by atoms with van der Waals surface area (Å²) < 4.78 is 14.0. The molecule has 0 aromatic heterocycles. The van der Waals surface area contributed by atoms with Crippen LogP contribution in [0, 0.1) is 5.82 Å². The fourth-order valence-electron chi connectivity index (χ4n) is 2.60. The third-order valence-corrected chi connectivity index (χ3v) is 4.07. The quantitative estimate of drug-likeness (QED) is 0.873. The molecule has 0 aliphatic heterocycles. The van der Waals surface area contributed by atoms with Gasteiger partial charge in [0.1, 0.15) is 5.82 Å². The van der Waals surface area contributed by atoms with Crippen molar-refractivity contribution >= 4 is 0 Å². The summed E-state index contributed by atoms with van der Waals surface area (Å²) in [5, 5.41) is 0. The monoisotopic (exact) mass is 255 g/mol. The van der Waals surface area contributed by atoms with Crippen LogP contribution in [0.2, 0.25) is 0 Å². The van der Waals surface area contributed by atoms with E-state index in [4.69, 9.17) is 5.73 Å². The van der Waals surface area contributed by atoms with Crippen molar-refractivity contribution in [2.45, 2.75) is 31.7 Å². The first kappa shape index (κ1) is 12.4. The standard InChI is InChI=1S/C17H18FN/c18-17-10-12(11-19)4-9-16(17)15-7-5-14(6-8-15)13-2-1-3-13/h4-10,13H,1-3,11,19H2. The van der Waals surface area contributed by atoms with Gasteiger partial charge in [-0.15, -0.1) is 0 Å². The Morgan fingerprint density at radius 2 is 1.79 bits per heavy atom. The van der Waals surface area contributed by atoms with Crippen molar-refractivity contribution in [1.82, 2.24) is 0 Å². The van der Waals surface area contributed by atoms with E-state index in [2.05, 4.69) is 12.1 Å². The van der Waals surface area contributed by atoms with Crippen LogP contribution in [0.5, 0.6) is 0 Å². The van der Waals surface area contributed by atoms with Gasteiger partial charge in [0.15, 0.2) is 0 Å². The van der Waals surface area contributed by atoms with Gasteiger partial charge in [-0.3, -0.25) is 0 Å². The number of halogens is 1. The lowest BCUT2D eigenvalue weighted by Crippen LogP contribution is -2.08. The SMILES string of the molecule is NCc1ccc(-c2ccc(C3CCC3)cc2)c(F)c1. The summed E-state index contributed by atoms with van der Waals surface area (Å²) in [6, 6.07) is 13.5. The average molecular weight is 255 g/mol. The van der Waals surface area contributed by atoms with Gasteiger partial charge in [-0.05, 0) is 41.5 Å². The van der Waals surface area contributed by atoms with Gasteiger partial charge in [0.05, 0.1) is 0 Å². The van der Waals surface area contributed by atoms with Gasteiger partial charge in [-0.1, -0.05) is 42.8 Å². The van der Waals surface area contributed by atoms with Gasteiger partial charge in [0.2, 0.25) is 0 Å². The fraction of sp³-hybridized carbons (Fsp3) is 0.294. The van der Waals surface area contributed by atoms with Gasteiger partial charge < -0.3 is 5.73 Å². The first-order valence-electron chi connectivity index (χ1n) is 6.87. The van der Waals surface area contributed by atoms with Crippen molar-refractivity contribution < 1.29 is 4.39 Å². The maximum atomic E-state index is 14.0. The van der Waals surface area contributed by atoms with E-state index < -0.39 is 0 Å². The molecule has 0 heterocycles. The number of rotatable bonds is 3. The fourth-order valence-corrected chi connectivity index (χ4v) is 2.60. The van der Waals surface area contributed by atoms with Crippen molar-refractivity contribution in [2.24, 2.45) is 5.73 Å². The van der Waals surface area contributed by atoms with Crippen LogP contribution >= 0.6 is 0 Å². The first-order chi connectivity index (χ1) is 9.28. The zero-order valence-corrected chi connectivity index (χ0v) is 10.9. The first-order valence-corrected chi connectivity index (χ1v) is 6.87. The summed E-state index contributed by atoms with van der Waals surface area (Å²) in [6.45, 7) is 0.373. The zero-order valence-electron chi connectivity index (χ0n) is 10.9. The number of nitrogens with two attached hydrogens (primary N) is 1. The molecule has 1 nitrogen and oxygen atoms in total. The molecule has 1 fully saturated rings. The van der Waals surface area contributed by atoms with Crippen LogP contribution in [-0.2, 0) is 6.54 Å². The van der Waals surface area contributed by atoms with Crippen molar-refractivity contribution in [3.05, 3.63) is 59.4 Å². The topological polar surface area (TPSA) is 26.0 Å². The molecule has 0 atom stereocenters. The Morgan fingerprint density at radius 1 is 1.05 bits per heavy atom. The molecule has 2 heteroatoms. The predicted molar refractivity (Wildman–Crippen MR) is 76.3 cm³/mol. The second kappa shape index (κ2) is 5.14. The van der Waals surface area contributed by atoms with Crippen LogP contribution in [0.15, 0.2) is 42.5 Å². The maximum absolute atomic E-state index is 14.0. The van der Waals surface area contributed by atoms with Crippen LogP contribution in [0.4, 0.5) is 4.39 Å². The van der Waals surface area contributed by atoms with Crippen molar-refractivity contribution in [3.63, 3.8) is 0 Å². The van der Waals surface area contributed by atoms with E-state index in [0.29, 0.717) is 12.1 Å². The van der Waals surface area contributed by atoms with Crippen molar-refractivity contribution in [3.8, 4) is 11.1 Å². The van der Waals surface area contributed by atoms with Crippen molar-refractivity contribution in [1.29, 1.82) is 0 Å². The molecule has 19 heavy (non-hydrogen) atoms. The minimum absolute atomic E-state index is 0.195. The van der Waals surface area contributed by atoms with E-state index in [0.717, 1.165) is 17.0 Å². The summed E-state index contributed by atoms with van der Waals surface area (Å²) in [5.74, 6) is 0.526. The molecular formula is C17H18FN. The molecule has 2 aromatic rings. The Kier molecular flexibility index (Phi) is 3.34. The van der Waals surface area contributed by atoms with Crippen molar-refractivity contribution in [2.75, 3.05) is 0 Å². The molecule has 3 rings (SSSR count). The Balaban J connectivity index is 1.89. The van der Waals surface area contributed by atoms with Crippen LogP contribution in [-0.4, -0.2) is 0 Å². The highest BCUT2D eigenvalue weighted by molar-refractivity contribution is 5.65. The van der Waals surface area contributed by atoms with E-state index in [1.54, 1.807) is 0 Å². The lowest BCUT2D eigenvalue weighted by atomic mass is 9.80. The lowest BCUT2D eigenvalue weighted by molar-refractivity contribution is 0.420. The van der Waals surface area contributed by atoms with Crippen LogP contribution in [0.3, 0.4) is 0 Å². The third kappa shape index (κ3) is 2.41. The van der Waals surface area contributed by atoms with Gasteiger partial charge in [0, 0.05) is 12.1 Å². The molecule has 2 aromatic carbocycles. The van der Waals surface area contributed by atoms with E-state index in [1.165, 1.54) is 30.9 Å². The molecule has 0 bridgehead atoms. The van der Waals surface area contributed by atoms with Crippen LogP contribution in [0.1, 0.15) is 36.3 Å². The highest BCUT2D eigenvalue weighted by Crippen LogP contribution is 2.37. The number of hydrogen-bond donors (Lipinski definition) is 1. The molecule has 98 valence electrons. The van der Waals surface area contributed by atoms with Gasteiger partial charge in [-0.2, -0.15) is 0 Å². The lowest BCUT2D eigenvalue weighted by Gasteiger charge is -2.25. The molecule has 1 saturated carbocycles. The molecule has 0 amide bonds. The summed E-state index contributed by atoms with van der Waals surface area (Å²) in [7, 11) is 0. The smallest absolute Gasteiger partial charge is 0.131 e. The second-order valence-electron chi connectivity index (χ2n) is 5.27. The Labute approximate surface area is 113 Å². The third-order valence-electron chi connectivity index (χ3n) is 4.07. The molecular weight excluding hydrogens is 237 g/mol. The van der Waals surface area contributed by atoms with Crippen LogP contribution < -0.4 is 5.73 Å². The minimum Gasteiger partial charge on any atom is -0.326 e. The second-order valence-corrected chi connectivity index (χ2v) is 5.27. The Morgan fingerprint density at radius 3 is 2.32 bits per heavy atom. The number of hydrogen-bond acceptors (Lipinski definition) is 1. The van der Waals surface area contributed by atoms with E-state index in [-0.39, 0.29) is 5.82 Å². The molecule has 0 saturated heterocycles. The summed E-state index contributed by atoms with van der Waals surface area (Å²) >= 11 is 0. The Bertz CT molecular complexity index is 570. The number of benzene rings is 2. The summed E-state index contributed by atoms with van der Waals surface area (Å²) in [6.07, 6.45) is 3.92. The maximum Gasteiger partial charge on any atom is 0.131 e. The molecule has 1 aliphatic rings. The highest BCUT2D eigenvalue weighted by Gasteiger charge is 2.19. The largest absolute Gasteiger partial charge is 0.326 e. The van der Waals surface area contributed by atoms with E-state index in [1.807, 2.05) is 24.3 Å². The molecule has 2 N–H and O–H groups in total. The molecule has 0 unspecified atom stereocenters. The highest BCUT2D eigenvalue weighted by atomic mass is 19.1. The molecule has 0 spiro atoms. The van der Waals surface area contributed by atoms with E-state index in [9.17, 15) is 4.39 Å². The normalized spacial score (nSPS) is 15.3. The van der Waals surface area contributed by atoms with Gasteiger partial charge in [0.25, 0.3) is 0 Å². The average Bonchev–Trinajstić information content (AvgIpc) is 2.38. The summed E-state index contributed by atoms with van der Waals surface area (Å²) in [5.41, 5.74) is 9.31.